The lowest BCUT2D eigenvalue weighted by molar-refractivity contribution is -0.137. The normalized spacial score (nSPS) is 11.8. The quantitative estimate of drug-likeness (QED) is 0.343. The van der Waals surface area contributed by atoms with Crippen LogP contribution in [0.4, 0.5) is 13.2 Å². The van der Waals surface area contributed by atoms with E-state index in [-0.39, 0.29) is 4.90 Å². The molecule has 0 unspecified atom stereocenters. The Morgan fingerprint density at radius 1 is 0.842 bits per heavy atom. The molecule has 0 aliphatic carbocycles. The number of aromatic nitrogens is 2. The predicted molar refractivity (Wildman–Crippen MR) is 135 cm³/mol. The first-order chi connectivity index (χ1) is 18.0. The largest absolute Gasteiger partial charge is 0.416 e. The van der Waals surface area contributed by atoms with Crippen molar-refractivity contribution in [1.29, 1.82) is 0 Å². The van der Waals surface area contributed by atoms with Crippen LogP contribution in [0.5, 0.6) is 0 Å². The maximum absolute atomic E-state index is 13.0. The van der Waals surface area contributed by atoms with E-state index in [9.17, 15) is 26.4 Å². The molecule has 2 aromatic carbocycles. The number of aryl methyl sites for hydroxylation is 1. The van der Waals surface area contributed by atoms with E-state index < -0.39 is 34.3 Å². The van der Waals surface area contributed by atoms with E-state index in [0.29, 0.717) is 39.5 Å². The summed E-state index contributed by atoms with van der Waals surface area (Å²) in [4.78, 5) is 20.8. The summed E-state index contributed by atoms with van der Waals surface area (Å²) < 4.78 is 70.6. The fourth-order valence-corrected chi connectivity index (χ4v) is 4.76. The van der Waals surface area contributed by atoms with Crippen LogP contribution in [0.2, 0.25) is 0 Å². The molecule has 1 N–H and O–H groups in total. The summed E-state index contributed by atoms with van der Waals surface area (Å²) in [5.41, 5.74) is 3.11. The molecule has 4 rings (SSSR count). The molecule has 0 atom stereocenters. The molecule has 38 heavy (non-hydrogen) atoms. The molecule has 7 nitrogen and oxygen atoms in total. The van der Waals surface area contributed by atoms with Crippen LogP contribution in [0.25, 0.3) is 33.8 Å². The molecule has 0 fully saturated rings. The van der Waals surface area contributed by atoms with E-state index in [1.54, 1.807) is 43.3 Å². The maximum Gasteiger partial charge on any atom is 0.416 e. The average Bonchev–Trinajstić information content (AvgIpc) is 2.88. The van der Waals surface area contributed by atoms with Gasteiger partial charge in [0.15, 0.2) is 0 Å². The molecular formula is C27H22F3N3O4S. The number of carbonyl (C=O) groups excluding carboxylic acids is 1. The SMILES string of the molecule is COCC(=O)NS(=O)(=O)c1cccc(-c2cccc(-c3cc(-c4ccc(C(F)(F)F)cc4)cc(C)n3)n2)c1. The Balaban J connectivity index is 1.67. The molecule has 0 aliphatic heterocycles. The zero-order valence-corrected chi connectivity index (χ0v) is 21.1. The van der Waals surface area contributed by atoms with Gasteiger partial charge in [-0.05, 0) is 66.6 Å². The second kappa shape index (κ2) is 10.7. The molecular weight excluding hydrogens is 519 g/mol. The van der Waals surface area contributed by atoms with Gasteiger partial charge in [0, 0.05) is 18.4 Å². The average molecular weight is 542 g/mol. The third-order valence-corrected chi connectivity index (χ3v) is 6.85. The van der Waals surface area contributed by atoms with Crippen molar-refractivity contribution in [3.8, 4) is 33.8 Å². The van der Waals surface area contributed by atoms with Gasteiger partial charge in [0.2, 0.25) is 0 Å². The van der Waals surface area contributed by atoms with E-state index in [1.165, 1.54) is 37.4 Å². The Morgan fingerprint density at radius 2 is 1.53 bits per heavy atom. The molecule has 2 aromatic heterocycles. The van der Waals surface area contributed by atoms with Gasteiger partial charge in [-0.25, -0.2) is 18.1 Å². The number of hydrogen-bond acceptors (Lipinski definition) is 6. The Morgan fingerprint density at radius 3 is 2.21 bits per heavy atom. The molecule has 0 saturated carbocycles. The number of nitrogens with zero attached hydrogens (tertiary/aromatic N) is 2. The molecule has 0 radical (unpaired) electrons. The van der Waals surface area contributed by atoms with E-state index in [0.717, 1.165) is 12.1 Å². The number of amides is 1. The fraction of sp³-hybridized carbons (Fsp3) is 0.148. The standard InChI is InChI=1S/C27H22F3N3O4S/c1-17-13-20(18-9-11-21(12-10-18)27(28,29)30)15-25(31-17)24-8-4-7-23(32-24)19-5-3-6-22(14-19)38(35,36)33-26(34)16-37-2/h3-15H,16H2,1-2H3,(H,33,34). The molecule has 0 spiro atoms. The van der Waals surface area contributed by atoms with Crippen LogP contribution < -0.4 is 4.72 Å². The monoisotopic (exact) mass is 541 g/mol. The highest BCUT2D eigenvalue weighted by Gasteiger charge is 2.30. The number of benzene rings is 2. The van der Waals surface area contributed by atoms with Crippen molar-refractivity contribution in [1.82, 2.24) is 14.7 Å². The number of nitrogens with one attached hydrogen (secondary N) is 1. The predicted octanol–water partition coefficient (Wildman–Crippen LogP) is 5.26. The van der Waals surface area contributed by atoms with Crippen molar-refractivity contribution in [2.75, 3.05) is 13.7 Å². The zero-order chi connectivity index (χ0) is 27.5. The number of methoxy groups -OCH3 is 1. The van der Waals surface area contributed by atoms with Gasteiger partial charge in [-0.3, -0.25) is 9.78 Å². The van der Waals surface area contributed by atoms with Gasteiger partial charge in [-0.2, -0.15) is 13.2 Å². The van der Waals surface area contributed by atoms with Crippen LogP contribution in [0.1, 0.15) is 11.3 Å². The molecule has 0 aliphatic rings. The molecule has 11 heteroatoms. The molecule has 196 valence electrons. The minimum absolute atomic E-state index is 0.120. The third kappa shape index (κ3) is 6.24. The number of halogens is 3. The Labute approximate surface area is 217 Å². The van der Waals surface area contributed by atoms with Crippen molar-refractivity contribution < 1.29 is 31.1 Å². The number of ether oxygens (including phenoxy) is 1. The van der Waals surface area contributed by atoms with E-state index >= 15 is 0 Å². The summed E-state index contributed by atoms with van der Waals surface area (Å²) >= 11 is 0. The summed E-state index contributed by atoms with van der Waals surface area (Å²) in [6, 6.07) is 19.5. The van der Waals surface area contributed by atoms with Gasteiger partial charge >= 0.3 is 6.18 Å². The Hall–Kier alpha value is -4.09. The van der Waals surface area contributed by atoms with Crippen molar-refractivity contribution in [2.45, 2.75) is 18.0 Å². The molecule has 1 amide bonds. The molecule has 0 saturated heterocycles. The lowest BCUT2D eigenvalue weighted by Gasteiger charge is -2.11. The Kier molecular flexibility index (Phi) is 7.61. The number of rotatable bonds is 7. The maximum atomic E-state index is 13.0. The Bertz CT molecular complexity index is 1590. The highest BCUT2D eigenvalue weighted by atomic mass is 32.2. The summed E-state index contributed by atoms with van der Waals surface area (Å²) in [6.07, 6.45) is -4.42. The second-order valence-electron chi connectivity index (χ2n) is 8.36. The van der Waals surface area contributed by atoms with Gasteiger partial charge in [-0.15, -0.1) is 0 Å². The zero-order valence-electron chi connectivity index (χ0n) is 20.3. The number of sulfonamides is 1. The van der Waals surface area contributed by atoms with E-state index in [1.807, 2.05) is 4.72 Å². The summed E-state index contributed by atoms with van der Waals surface area (Å²) in [5, 5.41) is 0. The number of hydrogen-bond donors (Lipinski definition) is 1. The van der Waals surface area contributed by atoms with Crippen molar-refractivity contribution >= 4 is 15.9 Å². The van der Waals surface area contributed by atoms with Crippen LogP contribution in [0, 0.1) is 6.92 Å². The van der Waals surface area contributed by atoms with Crippen molar-refractivity contribution in [3.05, 3.63) is 90.1 Å². The first-order valence-corrected chi connectivity index (χ1v) is 12.7. The lowest BCUT2D eigenvalue weighted by atomic mass is 10.0. The summed E-state index contributed by atoms with van der Waals surface area (Å²) in [7, 11) is -2.84. The highest BCUT2D eigenvalue weighted by molar-refractivity contribution is 7.90. The minimum Gasteiger partial charge on any atom is -0.375 e. The van der Waals surface area contributed by atoms with Crippen molar-refractivity contribution in [3.63, 3.8) is 0 Å². The van der Waals surface area contributed by atoms with Gasteiger partial charge in [0.05, 0.1) is 27.5 Å². The van der Waals surface area contributed by atoms with Gasteiger partial charge < -0.3 is 4.74 Å². The highest BCUT2D eigenvalue weighted by Crippen LogP contribution is 2.32. The first kappa shape index (κ1) is 27.0. The van der Waals surface area contributed by atoms with Crippen LogP contribution in [-0.2, 0) is 25.7 Å². The molecule has 4 aromatic rings. The van der Waals surface area contributed by atoms with Crippen LogP contribution >= 0.6 is 0 Å². The van der Waals surface area contributed by atoms with Crippen LogP contribution in [-0.4, -0.2) is 38.0 Å². The topological polar surface area (TPSA) is 98.2 Å². The van der Waals surface area contributed by atoms with E-state index in [4.69, 9.17) is 0 Å². The van der Waals surface area contributed by atoms with Gasteiger partial charge in [0.25, 0.3) is 15.9 Å². The third-order valence-electron chi connectivity index (χ3n) is 5.47. The summed E-state index contributed by atoms with van der Waals surface area (Å²) in [6.45, 7) is 1.37. The van der Waals surface area contributed by atoms with Crippen LogP contribution in [0.3, 0.4) is 0 Å². The number of alkyl halides is 3. The summed E-state index contributed by atoms with van der Waals surface area (Å²) in [5.74, 6) is -0.799. The first-order valence-electron chi connectivity index (χ1n) is 11.2. The van der Waals surface area contributed by atoms with Crippen LogP contribution in [0.15, 0.2) is 83.8 Å². The second-order valence-corrected chi connectivity index (χ2v) is 10.0. The van der Waals surface area contributed by atoms with E-state index in [2.05, 4.69) is 14.7 Å². The fourth-order valence-electron chi connectivity index (χ4n) is 3.75. The number of carbonyl (C=O) groups is 1. The smallest absolute Gasteiger partial charge is 0.375 e. The van der Waals surface area contributed by atoms with Crippen molar-refractivity contribution in [2.24, 2.45) is 0 Å². The minimum atomic E-state index is -4.42. The molecule has 2 heterocycles. The number of pyridine rings is 2. The van der Waals surface area contributed by atoms with Gasteiger partial charge in [-0.1, -0.05) is 30.3 Å². The van der Waals surface area contributed by atoms with Gasteiger partial charge in [0.1, 0.15) is 6.61 Å². The molecule has 0 bridgehead atoms. The lowest BCUT2D eigenvalue weighted by Crippen LogP contribution is -2.33.